The van der Waals surface area contributed by atoms with Crippen molar-refractivity contribution in [2.24, 2.45) is 0 Å². The van der Waals surface area contributed by atoms with Gasteiger partial charge in [-0.05, 0) is 82.9 Å². The van der Waals surface area contributed by atoms with Crippen LogP contribution in [0.1, 0.15) is 37.7 Å². The second kappa shape index (κ2) is 6.68. The molecule has 3 nitrogen and oxygen atoms in total. The van der Waals surface area contributed by atoms with Gasteiger partial charge in [0.1, 0.15) is 0 Å². The Labute approximate surface area is 123 Å². The van der Waals surface area contributed by atoms with E-state index in [0.29, 0.717) is 0 Å². The smallest absolute Gasteiger partial charge is 0.0270 e. The van der Waals surface area contributed by atoms with Gasteiger partial charge in [0.2, 0.25) is 0 Å². The predicted octanol–water partition coefficient (Wildman–Crippen LogP) is 2.57. The van der Waals surface area contributed by atoms with Gasteiger partial charge < -0.3 is 4.90 Å². The summed E-state index contributed by atoms with van der Waals surface area (Å²) in [6.45, 7) is 3.88. The molecule has 20 heavy (non-hydrogen) atoms. The fourth-order valence-corrected chi connectivity index (χ4v) is 3.86. The highest BCUT2D eigenvalue weighted by Crippen LogP contribution is 2.28. The molecule has 1 aromatic rings. The fraction of sp³-hybridized carbons (Fsp3) is 0.706. The molecule has 0 aromatic carbocycles. The number of likely N-dealkylation sites (tertiary alicyclic amines) is 2. The fourth-order valence-electron chi connectivity index (χ4n) is 3.86. The van der Waals surface area contributed by atoms with Crippen molar-refractivity contribution in [3.8, 4) is 0 Å². The van der Waals surface area contributed by atoms with Crippen LogP contribution in [0.4, 0.5) is 0 Å². The van der Waals surface area contributed by atoms with E-state index in [4.69, 9.17) is 0 Å². The average Bonchev–Trinajstić information content (AvgIpc) is 2.95. The summed E-state index contributed by atoms with van der Waals surface area (Å²) >= 11 is 0. The Balaban J connectivity index is 1.53. The van der Waals surface area contributed by atoms with Crippen LogP contribution >= 0.6 is 0 Å². The normalized spacial score (nSPS) is 26.1. The Kier molecular flexibility index (Phi) is 4.69. The van der Waals surface area contributed by atoms with Crippen LogP contribution in [0.5, 0.6) is 0 Å². The number of hydrogen-bond donors (Lipinski definition) is 0. The molecule has 2 aliphatic rings. The molecule has 110 valence electrons. The lowest BCUT2D eigenvalue weighted by molar-refractivity contribution is 0.107. The third kappa shape index (κ3) is 3.39. The lowest BCUT2D eigenvalue weighted by Gasteiger charge is -2.38. The maximum absolute atomic E-state index is 4.11. The van der Waals surface area contributed by atoms with E-state index in [1.807, 2.05) is 12.4 Å². The zero-order valence-electron chi connectivity index (χ0n) is 12.7. The van der Waals surface area contributed by atoms with Gasteiger partial charge in [0.05, 0.1) is 0 Å². The van der Waals surface area contributed by atoms with Crippen molar-refractivity contribution in [3.05, 3.63) is 30.1 Å². The van der Waals surface area contributed by atoms with E-state index >= 15 is 0 Å². The van der Waals surface area contributed by atoms with E-state index in [-0.39, 0.29) is 0 Å². The van der Waals surface area contributed by atoms with Gasteiger partial charge in [0.15, 0.2) is 0 Å². The number of piperidine rings is 1. The highest BCUT2D eigenvalue weighted by atomic mass is 15.2. The Morgan fingerprint density at radius 1 is 1.10 bits per heavy atom. The first-order valence-corrected chi connectivity index (χ1v) is 8.16. The molecule has 3 heteroatoms. The SMILES string of the molecule is CN1CCC(N2CCC[C@H]2CCc2ccncc2)CC1. The number of pyridine rings is 1. The molecule has 0 radical (unpaired) electrons. The number of nitrogens with zero attached hydrogens (tertiary/aromatic N) is 3. The van der Waals surface area contributed by atoms with Crippen LogP contribution < -0.4 is 0 Å². The van der Waals surface area contributed by atoms with E-state index < -0.39 is 0 Å². The van der Waals surface area contributed by atoms with Gasteiger partial charge in [-0.3, -0.25) is 9.88 Å². The highest BCUT2D eigenvalue weighted by Gasteiger charge is 2.31. The topological polar surface area (TPSA) is 19.4 Å². The van der Waals surface area contributed by atoms with Gasteiger partial charge in [-0.15, -0.1) is 0 Å². The van der Waals surface area contributed by atoms with Gasteiger partial charge in [0, 0.05) is 24.5 Å². The van der Waals surface area contributed by atoms with Crippen molar-refractivity contribution >= 4 is 0 Å². The summed E-state index contributed by atoms with van der Waals surface area (Å²) in [6, 6.07) is 5.98. The largest absolute Gasteiger partial charge is 0.306 e. The summed E-state index contributed by atoms with van der Waals surface area (Å²) in [4.78, 5) is 9.40. The molecule has 3 heterocycles. The van der Waals surface area contributed by atoms with E-state index in [2.05, 4.69) is 34.0 Å². The highest BCUT2D eigenvalue weighted by molar-refractivity contribution is 5.10. The van der Waals surface area contributed by atoms with Crippen molar-refractivity contribution in [2.75, 3.05) is 26.7 Å². The molecule has 2 saturated heterocycles. The van der Waals surface area contributed by atoms with Crippen LogP contribution in [0.25, 0.3) is 0 Å². The zero-order chi connectivity index (χ0) is 13.8. The Morgan fingerprint density at radius 2 is 1.85 bits per heavy atom. The molecule has 2 fully saturated rings. The molecule has 3 rings (SSSR count). The molecule has 2 aliphatic heterocycles. The Hall–Kier alpha value is -0.930. The number of aromatic nitrogens is 1. The van der Waals surface area contributed by atoms with E-state index in [1.54, 1.807) is 0 Å². The van der Waals surface area contributed by atoms with Crippen LogP contribution in [-0.2, 0) is 6.42 Å². The monoisotopic (exact) mass is 273 g/mol. The van der Waals surface area contributed by atoms with Gasteiger partial charge in [-0.1, -0.05) is 0 Å². The third-order valence-electron chi connectivity index (χ3n) is 5.10. The van der Waals surface area contributed by atoms with E-state index in [1.165, 1.54) is 63.7 Å². The molecule has 1 atom stereocenters. The minimum atomic E-state index is 0.816. The van der Waals surface area contributed by atoms with Crippen LogP contribution in [0.15, 0.2) is 24.5 Å². The van der Waals surface area contributed by atoms with Crippen molar-refractivity contribution < 1.29 is 0 Å². The summed E-state index contributed by atoms with van der Waals surface area (Å²) < 4.78 is 0. The van der Waals surface area contributed by atoms with Crippen molar-refractivity contribution in [1.29, 1.82) is 0 Å². The second-order valence-electron chi connectivity index (χ2n) is 6.46. The predicted molar refractivity (Wildman–Crippen MR) is 82.8 cm³/mol. The van der Waals surface area contributed by atoms with Crippen molar-refractivity contribution in [2.45, 2.75) is 50.6 Å². The first-order chi connectivity index (χ1) is 9.83. The van der Waals surface area contributed by atoms with E-state index in [9.17, 15) is 0 Å². The van der Waals surface area contributed by atoms with Gasteiger partial charge in [-0.2, -0.15) is 0 Å². The maximum atomic E-state index is 4.11. The molecule has 0 saturated carbocycles. The molecule has 1 aromatic heterocycles. The maximum Gasteiger partial charge on any atom is 0.0270 e. The van der Waals surface area contributed by atoms with Crippen LogP contribution in [-0.4, -0.2) is 53.5 Å². The van der Waals surface area contributed by atoms with Gasteiger partial charge >= 0.3 is 0 Å². The number of hydrogen-bond acceptors (Lipinski definition) is 3. The number of rotatable bonds is 4. The first kappa shape index (κ1) is 14.0. The lowest BCUT2D eigenvalue weighted by Crippen LogP contribution is -2.45. The summed E-state index contributed by atoms with van der Waals surface area (Å²) in [5, 5.41) is 0. The van der Waals surface area contributed by atoms with Gasteiger partial charge in [-0.25, -0.2) is 0 Å². The van der Waals surface area contributed by atoms with Gasteiger partial charge in [0.25, 0.3) is 0 Å². The third-order valence-corrected chi connectivity index (χ3v) is 5.10. The Morgan fingerprint density at radius 3 is 2.60 bits per heavy atom. The molecular weight excluding hydrogens is 246 g/mol. The first-order valence-electron chi connectivity index (χ1n) is 8.16. The molecular formula is C17H27N3. The molecule has 0 aliphatic carbocycles. The molecule has 0 N–H and O–H groups in total. The van der Waals surface area contributed by atoms with Crippen molar-refractivity contribution in [3.63, 3.8) is 0 Å². The quantitative estimate of drug-likeness (QED) is 0.840. The molecule has 0 amide bonds. The Bertz CT molecular complexity index is 398. The minimum Gasteiger partial charge on any atom is -0.306 e. The summed E-state index contributed by atoms with van der Waals surface area (Å²) in [5.74, 6) is 0. The van der Waals surface area contributed by atoms with E-state index in [0.717, 1.165) is 12.1 Å². The molecule has 0 spiro atoms. The van der Waals surface area contributed by atoms with Crippen LogP contribution in [0.2, 0.25) is 0 Å². The zero-order valence-corrected chi connectivity index (χ0v) is 12.7. The molecule has 0 bridgehead atoms. The minimum absolute atomic E-state index is 0.816. The lowest BCUT2D eigenvalue weighted by atomic mass is 9.99. The van der Waals surface area contributed by atoms with Crippen molar-refractivity contribution in [1.82, 2.24) is 14.8 Å². The molecule has 0 unspecified atom stereocenters. The second-order valence-corrected chi connectivity index (χ2v) is 6.46. The summed E-state index contributed by atoms with van der Waals surface area (Å²) in [5.41, 5.74) is 1.44. The summed E-state index contributed by atoms with van der Waals surface area (Å²) in [7, 11) is 2.25. The number of aryl methyl sites for hydroxylation is 1. The average molecular weight is 273 g/mol. The van der Waals surface area contributed by atoms with Crippen LogP contribution in [0, 0.1) is 0 Å². The standard InChI is InChI=1S/C17H27N3/c1-19-13-8-17(9-14-19)20-12-2-3-16(20)5-4-15-6-10-18-11-7-15/h6-7,10-11,16-17H,2-5,8-9,12-14H2,1H3/t16-/m0/s1. The summed E-state index contributed by atoms with van der Waals surface area (Å²) in [6.07, 6.45) is 11.9. The van der Waals surface area contributed by atoms with Crippen LogP contribution in [0.3, 0.4) is 0 Å².